The van der Waals surface area contributed by atoms with Crippen molar-refractivity contribution in [3.8, 4) is 0 Å². The van der Waals surface area contributed by atoms with Crippen LogP contribution in [0.2, 0.25) is 0 Å². The van der Waals surface area contributed by atoms with Crippen LogP contribution < -0.4 is 10.0 Å². The highest BCUT2D eigenvalue weighted by Gasteiger charge is 2.26. The summed E-state index contributed by atoms with van der Waals surface area (Å²) in [6.45, 7) is 0. The van der Waals surface area contributed by atoms with Gasteiger partial charge in [-0.1, -0.05) is 12.8 Å². The van der Waals surface area contributed by atoms with E-state index in [0.29, 0.717) is 5.69 Å². The molecular weight excluding hydrogens is 264 g/mol. The van der Waals surface area contributed by atoms with E-state index in [9.17, 15) is 13.2 Å². The van der Waals surface area contributed by atoms with E-state index in [0.717, 1.165) is 25.7 Å². The van der Waals surface area contributed by atoms with Crippen LogP contribution in [0.1, 0.15) is 25.7 Å². The van der Waals surface area contributed by atoms with Gasteiger partial charge in [-0.05, 0) is 37.1 Å². The Labute approximate surface area is 113 Å². The lowest BCUT2D eigenvalue weighted by molar-refractivity contribution is -0.121. The molecule has 6 heteroatoms. The van der Waals surface area contributed by atoms with Gasteiger partial charge in [0, 0.05) is 18.7 Å². The van der Waals surface area contributed by atoms with Crippen LogP contribution in [0.3, 0.4) is 0 Å². The first-order valence-electron chi connectivity index (χ1n) is 6.30. The van der Waals surface area contributed by atoms with Crippen molar-refractivity contribution in [2.75, 3.05) is 11.9 Å². The molecule has 2 rings (SSSR count). The Morgan fingerprint density at radius 2 is 1.74 bits per heavy atom. The van der Waals surface area contributed by atoms with Crippen molar-refractivity contribution in [2.24, 2.45) is 11.1 Å². The summed E-state index contributed by atoms with van der Waals surface area (Å²) in [5.74, 6) is 0.198. The minimum Gasteiger partial charge on any atom is -0.315 e. The molecule has 104 valence electrons. The van der Waals surface area contributed by atoms with E-state index in [-0.39, 0.29) is 16.7 Å². The van der Waals surface area contributed by atoms with Gasteiger partial charge in [-0.2, -0.15) is 0 Å². The zero-order valence-corrected chi connectivity index (χ0v) is 11.7. The molecular formula is C13H18N2O3S. The lowest BCUT2D eigenvalue weighted by Gasteiger charge is -2.21. The second-order valence-corrected chi connectivity index (χ2v) is 6.48. The zero-order valence-electron chi connectivity index (χ0n) is 10.9. The van der Waals surface area contributed by atoms with Gasteiger partial charge < -0.3 is 4.90 Å². The number of primary sulfonamides is 1. The van der Waals surface area contributed by atoms with Gasteiger partial charge >= 0.3 is 0 Å². The van der Waals surface area contributed by atoms with E-state index >= 15 is 0 Å². The molecule has 0 radical (unpaired) electrons. The van der Waals surface area contributed by atoms with Gasteiger partial charge in [-0.3, -0.25) is 4.79 Å². The van der Waals surface area contributed by atoms with Crippen LogP contribution in [0.15, 0.2) is 29.2 Å². The number of carbonyl (C=O) groups excluding carboxylic acids is 1. The van der Waals surface area contributed by atoms with Crippen LogP contribution in [-0.4, -0.2) is 21.4 Å². The van der Waals surface area contributed by atoms with E-state index in [1.165, 1.54) is 12.1 Å². The van der Waals surface area contributed by atoms with Crippen LogP contribution in [0.25, 0.3) is 0 Å². The molecule has 5 nitrogen and oxygen atoms in total. The summed E-state index contributed by atoms with van der Waals surface area (Å²) in [6.07, 6.45) is 4.10. The fourth-order valence-corrected chi connectivity index (χ4v) is 2.95. The maximum atomic E-state index is 12.2. The van der Waals surface area contributed by atoms with Crippen molar-refractivity contribution >= 4 is 21.6 Å². The summed E-state index contributed by atoms with van der Waals surface area (Å²) >= 11 is 0. The zero-order chi connectivity index (χ0) is 14.0. The van der Waals surface area contributed by atoms with Gasteiger partial charge in [0.15, 0.2) is 0 Å². The first kappa shape index (κ1) is 14.0. The summed E-state index contributed by atoms with van der Waals surface area (Å²) < 4.78 is 22.3. The Balaban J connectivity index is 2.15. The third kappa shape index (κ3) is 3.13. The Bertz CT molecular complexity index is 560. The summed E-state index contributed by atoms with van der Waals surface area (Å²) in [6, 6.07) is 6.05. The highest BCUT2D eigenvalue weighted by Crippen LogP contribution is 2.28. The molecule has 0 bridgehead atoms. The highest BCUT2D eigenvalue weighted by atomic mass is 32.2. The Hall–Kier alpha value is -1.40. The first-order valence-corrected chi connectivity index (χ1v) is 7.84. The molecule has 1 fully saturated rings. The summed E-state index contributed by atoms with van der Waals surface area (Å²) in [4.78, 5) is 13.9. The second-order valence-electron chi connectivity index (χ2n) is 4.92. The molecule has 0 spiro atoms. The first-order chi connectivity index (χ1) is 8.89. The molecule has 1 amide bonds. The van der Waals surface area contributed by atoms with Crippen LogP contribution in [-0.2, 0) is 14.8 Å². The lowest BCUT2D eigenvalue weighted by Crippen LogP contribution is -2.31. The van der Waals surface area contributed by atoms with Gasteiger partial charge in [0.05, 0.1) is 4.90 Å². The van der Waals surface area contributed by atoms with Crippen LogP contribution >= 0.6 is 0 Å². The molecule has 1 saturated carbocycles. The van der Waals surface area contributed by atoms with Gasteiger partial charge in [0.25, 0.3) is 0 Å². The molecule has 0 saturated heterocycles. The number of sulfonamides is 1. The predicted molar refractivity (Wildman–Crippen MR) is 73.2 cm³/mol. The van der Waals surface area contributed by atoms with E-state index in [4.69, 9.17) is 5.14 Å². The molecule has 1 aliphatic rings. The fraction of sp³-hybridized carbons (Fsp3) is 0.462. The van der Waals surface area contributed by atoms with Crippen molar-refractivity contribution in [3.63, 3.8) is 0 Å². The third-order valence-electron chi connectivity index (χ3n) is 3.59. The minimum absolute atomic E-state index is 0.0537. The van der Waals surface area contributed by atoms with Crippen molar-refractivity contribution in [3.05, 3.63) is 24.3 Å². The van der Waals surface area contributed by atoms with Crippen LogP contribution in [0.5, 0.6) is 0 Å². The molecule has 19 heavy (non-hydrogen) atoms. The Kier molecular flexibility index (Phi) is 3.91. The molecule has 0 heterocycles. The molecule has 2 N–H and O–H groups in total. The minimum atomic E-state index is -3.68. The topological polar surface area (TPSA) is 80.5 Å². The van der Waals surface area contributed by atoms with E-state index in [1.54, 1.807) is 24.1 Å². The fourth-order valence-electron chi connectivity index (χ4n) is 2.43. The van der Waals surface area contributed by atoms with Crippen molar-refractivity contribution in [1.29, 1.82) is 0 Å². The number of anilines is 1. The van der Waals surface area contributed by atoms with Gasteiger partial charge in [0.1, 0.15) is 0 Å². The molecule has 1 aromatic rings. The standard InChI is InChI=1S/C13H18N2O3S/c1-15(13(16)10-4-2-3-5-10)11-6-8-12(9-7-11)19(14,17)18/h6-10H,2-5H2,1H3,(H2,14,17,18). The van der Waals surface area contributed by atoms with Crippen molar-refractivity contribution in [1.82, 2.24) is 0 Å². The summed E-state index contributed by atoms with van der Waals surface area (Å²) in [7, 11) is -1.97. The molecule has 1 aliphatic carbocycles. The Morgan fingerprint density at radius 1 is 1.21 bits per heavy atom. The summed E-state index contributed by atoms with van der Waals surface area (Å²) in [5, 5.41) is 5.03. The average Bonchev–Trinajstić information content (AvgIpc) is 2.90. The monoisotopic (exact) mass is 282 g/mol. The number of hydrogen-bond donors (Lipinski definition) is 1. The normalized spacial score (nSPS) is 16.5. The van der Waals surface area contributed by atoms with Gasteiger partial charge in [0.2, 0.25) is 15.9 Å². The number of nitrogens with zero attached hydrogens (tertiary/aromatic N) is 1. The molecule has 1 aromatic carbocycles. The maximum absolute atomic E-state index is 12.2. The highest BCUT2D eigenvalue weighted by molar-refractivity contribution is 7.89. The molecule has 0 aliphatic heterocycles. The second kappa shape index (κ2) is 5.30. The predicted octanol–water partition coefficient (Wildman–Crippen LogP) is 1.49. The Morgan fingerprint density at radius 3 is 2.21 bits per heavy atom. The largest absolute Gasteiger partial charge is 0.315 e. The van der Waals surface area contributed by atoms with E-state index in [2.05, 4.69) is 0 Å². The number of hydrogen-bond acceptors (Lipinski definition) is 3. The SMILES string of the molecule is CN(C(=O)C1CCCC1)c1ccc(S(N)(=O)=O)cc1. The molecule has 0 atom stereocenters. The van der Waals surface area contributed by atoms with Gasteiger partial charge in [-0.25, -0.2) is 13.6 Å². The quantitative estimate of drug-likeness (QED) is 0.912. The number of amides is 1. The average molecular weight is 282 g/mol. The number of carbonyl (C=O) groups is 1. The van der Waals surface area contributed by atoms with Gasteiger partial charge in [-0.15, -0.1) is 0 Å². The van der Waals surface area contributed by atoms with Crippen LogP contribution in [0, 0.1) is 5.92 Å². The molecule has 0 unspecified atom stereocenters. The smallest absolute Gasteiger partial charge is 0.238 e. The lowest BCUT2D eigenvalue weighted by atomic mass is 10.1. The maximum Gasteiger partial charge on any atom is 0.238 e. The summed E-state index contributed by atoms with van der Waals surface area (Å²) in [5.41, 5.74) is 0.685. The third-order valence-corrected chi connectivity index (χ3v) is 4.52. The molecule has 0 aromatic heterocycles. The number of nitrogens with two attached hydrogens (primary N) is 1. The van der Waals surface area contributed by atoms with E-state index in [1.807, 2.05) is 0 Å². The van der Waals surface area contributed by atoms with E-state index < -0.39 is 10.0 Å². The number of benzene rings is 1. The van der Waals surface area contributed by atoms with Crippen LogP contribution in [0.4, 0.5) is 5.69 Å². The van der Waals surface area contributed by atoms with Crippen molar-refractivity contribution < 1.29 is 13.2 Å². The number of rotatable bonds is 3. The van der Waals surface area contributed by atoms with Crippen molar-refractivity contribution in [2.45, 2.75) is 30.6 Å².